The van der Waals surface area contributed by atoms with E-state index in [1.54, 1.807) is 24.8 Å². The van der Waals surface area contributed by atoms with Gasteiger partial charge >= 0.3 is 0 Å². The van der Waals surface area contributed by atoms with Crippen molar-refractivity contribution >= 4 is 129 Å². The number of pyridine rings is 2. The Balaban J connectivity index is 0.000000236. The number of benzene rings is 4. The highest BCUT2D eigenvalue weighted by Crippen LogP contribution is 2.38. The molecule has 150 heavy (non-hydrogen) atoms. The molecule has 4 atom stereocenters. The Morgan fingerprint density at radius 1 is 0.473 bits per heavy atom. The number of hydrogen-bond acceptors (Lipinski definition) is 33. The molecule has 4 aromatic carbocycles. The van der Waals surface area contributed by atoms with Gasteiger partial charge in [0.05, 0.1) is 78.5 Å². The van der Waals surface area contributed by atoms with Crippen LogP contribution in [0.2, 0.25) is 0 Å². The number of nitrogen functional groups attached to an aromatic ring is 2. The summed E-state index contributed by atoms with van der Waals surface area (Å²) in [5.41, 5.74) is 26.3. The van der Waals surface area contributed by atoms with Crippen molar-refractivity contribution in [3.8, 4) is 34.0 Å². The number of ether oxygens (including phenoxy) is 4. The maximum absolute atomic E-state index is 13.8. The summed E-state index contributed by atoms with van der Waals surface area (Å²) in [6.45, 7) is 6.00. The molecule has 0 spiro atoms. The summed E-state index contributed by atoms with van der Waals surface area (Å²) in [4.78, 5) is 264. The summed E-state index contributed by atoms with van der Waals surface area (Å²) in [5, 5.41) is 16.1. The zero-order valence-electron chi connectivity index (χ0n) is 83.2. The van der Waals surface area contributed by atoms with E-state index in [1.165, 1.54) is 65.8 Å². The highest BCUT2D eigenvalue weighted by atomic mass is 16.5. The third-order valence-electron chi connectivity index (χ3n) is 27.7. The number of aromatic nitrogens is 6. The van der Waals surface area contributed by atoms with E-state index in [-0.39, 0.29) is 211 Å². The van der Waals surface area contributed by atoms with Crippen LogP contribution in [0.15, 0.2) is 146 Å². The lowest BCUT2D eigenvalue weighted by molar-refractivity contribution is -0.139. The first kappa shape index (κ1) is 108. The number of amides is 14. The maximum Gasteiger partial charge on any atom is 0.266 e. The molecule has 1 aliphatic carbocycles. The number of rotatable bonds is 48. The molecule has 4 saturated heterocycles. The van der Waals surface area contributed by atoms with Crippen LogP contribution in [0, 0.1) is 11.8 Å². The van der Waals surface area contributed by atoms with Crippen LogP contribution in [-0.2, 0) is 92.7 Å². The molecule has 14 amide bonds. The van der Waals surface area contributed by atoms with Crippen LogP contribution in [0.1, 0.15) is 226 Å². The van der Waals surface area contributed by atoms with Crippen LogP contribution < -0.4 is 68.4 Å². The number of Topliss-reactive ketones (excluding diaryl/α,β-unsaturated/α-hetero) is 4. The number of morpholine rings is 2. The number of carbonyl (C=O) groups excluding carboxylic acids is 18. The summed E-state index contributed by atoms with van der Waals surface area (Å²) in [6.07, 6.45) is 22.7. The molecular weight excluding hydrogens is 1930 g/mol. The van der Waals surface area contributed by atoms with Crippen molar-refractivity contribution in [1.29, 1.82) is 0 Å². The number of ketones is 4. The molecule has 16 rings (SSSR count). The molecule has 11 heterocycles. The monoisotopic (exact) mass is 2050 g/mol. The van der Waals surface area contributed by atoms with E-state index in [1.807, 2.05) is 60.7 Å². The molecule has 4 aromatic heterocycles. The van der Waals surface area contributed by atoms with Gasteiger partial charge in [-0.3, -0.25) is 122 Å². The number of fused-ring (bicyclic) bond motifs is 2. The van der Waals surface area contributed by atoms with Gasteiger partial charge in [-0.2, -0.15) is 0 Å². The van der Waals surface area contributed by atoms with Gasteiger partial charge in [0.1, 0.15) is 54.2 Å². The Morgan fingerprint density at radius 3 is 1.40 bits per heavy atom. The van der Waals surface area contributed by atoms with Crippen LogP contribution in [0.4, 0.5) is 23.0 Å². The van der Waals surface area contributed by atoms with E-state index >= 15 is 0 Å². The summed E-state index contributed by atoms with van der Waals surface area (Å²) < 4.78 is 22.4. The number of piperidine rings is 2. The number of unbranched alkanes of at least 4 members (excludes halogenated alkanes) is 6. The van der Waals surface area contributed by atoms with Gasteiger partial charge in [0, 0.05) is 174 Å². The molecule has 2 unspecified atom stereocenters. The van der Waals surface area contributed by atoms with Crippen LogP contribution in [-0.4, -0.2) is 267 Å². The molecule has 8 aromatic rings. The SMILES string of the molecule is Nc1ncc(-c2ccc(CCNC(=O)[C@@H](N)CCCCCC(=O)COc3cccc4c3C(=O)N(C3CCC(=O)NC3=O)C4=O)cc2)nc1C(=O)Cc1cnccc1N1CCOCC1.Nc1ncc(-c2ccc(CCNC(=O)[C@H](CCCCCC(=O)COc3cccc4c3C(=O)N(C3CCC(=O)NC3=O)C4=O)NC(=O)CCCCCNC(=O)C3CCC(CN4C(=O)C=CC4=O)CC3)cc2)nc1C(=O)Cc1cnccc1N1CCOCC1. The third kappa shape index (κ3) is 28.1. The van der Waals surface area contributed by atoms with Gasteiger partial charge in [-0.15, -0.1) is 0 Å². The fourth-order valence-corrected chi connectivity index (χ4v) is 19.4. The number of nitrogens with one attached hydrogen (secondary N) is 6. The van der Waals surface area contributed by atoms with Gasteiger partial charge in [0.15, 0.2) is 34.8 Å². The average Bonchev–Trinajstić information content (AvgIpc) is 1.60. The van der Waals surface area contributed by atoms with Gasteiger partial charge in [-0.25, -0.2) is 19.9 Å². The van der Waals surface area contributed by atoms with Crippen LogP contribution >= 0.6 is 0 Å². The van der Waals surface area contributed by atoms with Crippen molar-refractivity contribution in [3.05, 3.63) is 202 Å². The predicted molar refractivity (Wildman–Crippen MR) is 544 cm³/mol. The predicted octanol–water partition coefficient (Wildman–Crippen LogP) is 6.30. The molecule has 0 radical (unpaired) electrons. The van der Waals surface area contributed by atoms with Crippen molar-refractivity contribution in [2.75, 3.05) is 113 Å². The van der Waals surface area contributed by atoms with Crippen LogP contribution in [0.5, 0.6) is 11.5 Å². The van der Waals surface area contributed by atoms with Crippen molar-refractivity contribution in [1.82, 2.24) is 76.5 Å². The molecule has 7 aliphatic heterocycles. The average molecular weight is 2050 g/mol. The van der Waals surface area contributed by atoms with E-state index < -0.39 is 71.4 Å². The largest absolute Gasteiger partial charge is 0.485 e. The minimum Gasteiger partial charge on any atom is -0.485 e. The summed E-state index contributed by atoms with van der Waals surface area (Å²) in [6, 6.07) is 23.9. The van der Waals surface area contributed by atoms with Gasteiger partial charge in [-0.05, 0) is 143 Å². The molecule has 42 nitrogen and oxygen atoms in total. The van der Waals surface area contributed by atoms with E-state index in [2.05, 4.69) is 71.6 Å². The molecule has 1 saturated carbocycles. The highest BCUT2D eigenvalue weighted by Gasteiger charge is 2.49. The molecule has 5 fully saturated rings. The first-order valence-electron chi connectivity index (χ1n) is 51.0. The minimum absolute atomic E-state index is 0.00309. The van der Waals surface area contributed by atoms with E-state index in [0.29, 0.717) is 166 Å². The standard InChI is InChI=1S/C63H73N11O13.C45H49N9O9/c64-58-57(50(76)34-43-35-65-28-26-48(43)72-30-32-86-33-31-72)70-47(36-68-58)41-17-13-39(14-18-41)25-29-67-60(82)46(69-52(77)12-5-2-6-27-66-59(81)42-19-15-40(16-20-42)37-73-54(79)23-24-55(73)80)10-4-1-3-8-44(75)38-87-51-11-7-9-45-56(51)63(85)74(62(45)84)49-21-22-53(78)71-61(49)83;46-32(7-3-1-2-5-30(55)26-63-37-8-4-6-31-39(37)45(61)54(44(31)60)35-13-14-38(57)52-43(35)59)42(58)49-18-15-27-9-11-28(12-10-27)33-25-50-41(47)40(51-33)36(56)23-29-24-48-17-16-34(29)53-19-21-62-22-20-53/h7,9,11,13-14,17-18,23-24,26,28,35-36,40,42,46,49H,1-6,8,10,12,15-16,19-22,25,27,29-34,37-38H2,(H2,64,68)(H,66,81)(H,67,82)(H,69,77)(H,71,78,83);4,6,8-12,16-17,24-25,32,35H,1-3,5,7,13-15,18-23,26,46H2,(H2,47,50)(H,49,58)(H,52,57,59)/t40?,42?,46-,49?;32-,35?/m00/s1. The molecule has 42 heteroatoms. The van der Waals surface area contributed by atoms with E-state index in [0.717, 1.165) is 74.9 Å². The van der Waals surface area contributed by atoms with E-state index in [9.17, 15) is 86.3 Å². The Kier molecular flexibility index (Phi) is 37.6. The van der Waals surface area contributed by atoms with Crippen molar-refractivity contribution in [2.24, 2.45) is 17.6 Å². The highest BCUT2D eigenvalue weighted by molar-refractivity contribution is 6.26. The van der Waals surface area contributed by atoms with Gasteiger partial charge in [0.2, 0.25) is 47.3 Å². The second-order valence-corrected chi connectivity index (χ2v) is 38.1. The lowest BCUT2D eigenvalue weighted by Crippen LogP contribution is -2.54. The van der Waals surface area contributed by atoms with Gasteiger partial charge < -0.3 is 67.2 Å². The summed E-state index contributed by atoms with van der Waals surface area (Å²) in [7, 11) is 0. The Labute approximate surface area is 864 Å². The topological polar surface area (TPSA) is 588 Å². The summed E-state index contributed by atoms with van der Waals surface area (Å²) >= 11 is 0. The lowest BCUT2D eigenvalue weighted by atomic mass is 9.81. The van der Waals surface area contributed by atoms with Crippen molar-refractivity contribution in [2.45, 2.75) is 191 Å². The number of nitrogens with zero attached hydrogens (tertiary/aromatic N) is 11. The molecular formula is C108H122N20O22. The Hall–Kier alpha value is -16.0. The lowest BCUT2D eigenvalue weighted by Gasteiger charge is -2.30. The molecule has 786 valence electrons. The van der Waals surface area contributed by atoms with Crippen LogP contribution in [0.25, 0.3) is 22.5 Å². The molecule has 0 bridgehead atoms. The zero-order chi connectivity index (χ0) is 106. The fraction of sp³-hybridized carbons (Fsp3) is 0.426. The Bertz CT molecular complexity index is 6440. The Morgan fingerprint density at radius 2 is 0.927 bits per heavy atom. The summed E-state index contributed by atoms with van der Waals surface area (Å²) in [5.74, 6) is -7.62. The second-order valence-electron chi connectivity index (χ2n) is 38.1. The zero-order valence-corrected chi connectivity index (χ0v) is 83.2. The number of nitrogens with two attached hydrogens (primary N) is 3. The van der Waals surface area contributed by atoms with Crippen molar-refractivity contribution in [3.63, 3.8) is 0 Å². The quantitative estimate of drug-likeness (QED) is 0.0115. The minimum atomic E-state index is -1.15. The smallest absolute Gasteiger partial charge is 0.266 e. The number of anilines is 4. The third-order valence-corrected chi connectivity index (χ3v) is 27.7. The first-order chi connectivity index (χ1) is 72.6. The van der Waals surface area contributed by atoms with Gasteiger partial charge in [0.25, 0.3) is 35.4 Å². The molecule has 8 aliphatic rings. The van der Waals surface area contributed by atoms with Gasteiger partial charge in [-0.1, -0.05) is 92.8 Å². The second kappa shape index (κ2) is 52.1. The number of carbonyl (C=O) groups is 18. The number of hydrogen-bond donors (Lipinski definition) is 9. The normalized spacial score (nSPS) is 17.9. The van der Waals surface area contributed by atoms with E-state index in [4.69, 9.17) is 36.1 Å². The van der Waals surface area contributed by atoms with Crippen molar-refractivity contribution < 1.29 is 105 Å². The molecule has 12 N–H and O–H groups in total. The fourth-order valence-electron chi connectivity index (χ4n) is 19.4. The maximum atomic E-state index is 13.8. The first-order valence-corrected chi connectivity index (χ1v) is 51.0. The van der Waals surface area contributed by atoms with Crippen LogP contribution in [0.3, 0.4) is 0 Å². The number of imide groups is 5.